The maximum atomic E-state index is 11.2. The summed E-state index contributed by atoms with van der Waals surface area (Å²) in [5.74, 6) is -2.11. The van der Waals surface area contributed by atoms with E-state index in [2.05, 4.69) is 6.58 Å². The predicted octanol–water partition coefficient (Wildman–Crippen LogP) is -0.538. The average Bonchev–Trinajstić information content (AvgIpc) is 2.26. The highest BCUT2D eigenvalue weighted by molar-refractivity contribution is 5.86. The van der Waals surface area contributed by atoms with E-state index in [1.807, 2.05) is 6.07 Å². The normalized spacial score (nSPS) is 12.3. The zero-order valence-electron chi connectivity index (χ0n) is 11.6. The minimum atomic E-state index is -1.13. The molecule has 19 heavy (non-hydrogen) atoms. The van der Waals surface area contributed by atoms with Gasteiger partial charge in [0, 0.05) is 12.0 Å². The fourth-order valence-corrected chi connectivity index (χ4v) is 1.42. The SMILES string of the molecule is C=C(C)C(=O)OCC(C#N)CC[N+](C)(C)CC(=O)[O-]. The number of aliphatic carboxylic acids is 1. The molecule has 0 fully saturated rings. The third kappa shape index (κ3) is 7.95. The van der Waals surface area contributed by atoms with Crippen molar-refractivity contribution >= 4 is 11.9 Å². The largest absolute Gasteiger partial charge is 0.544 e. The lowest BCUT2D eigenvalue weighted by Crippen LogP contribution is -2.49. The molecule has 0 saturated carbocycles. The van der Waals surface area contributed by atoms with Crippen LogP contribution in [0, 0.1) is 17.2 Å². The fraction of sp³-hybridized carbons (Fsp3) is 0.615. The van der Waals surface area contributed by atoms with E-state index in [0.29, 0.717) is 13.0 Å². The van der Waals surface area contributed by atoms with Crippen molar-refractivity contribution in [2.24, 2.45) is 5.92 Å². The van der Waals surface area contributed by atoms with Gasteiger partial charge in [0.05, 0.1) is 38.6 Å². The number of likely N-dealkylation sites (N-methyl/N-ethyl adjacent to an activating group) is 1. The quantitative estimate of drug-likeness (QED) is 0.335. The number of hydrogen-bond acceptors (Lipinski definition) is 5. The third-order valence-electron chi connectivity index (χ3n) is 2.59. The maximum Gasteiger partial charge on any atom is 0.333 e. The first-order chi connectivity index (χ1) is 8.68. The van der Waals surface area contributed by atoms with Crippen LogP contribution in [-0.4, -0.2) is 50.2 Å². The first kappa shape index (κ1) is 17.1. The Kier molecular flexibility index (Phi) is 6.80. The van der Waals surface area contributed by atoms with Gasteiger partial charge in [0.25, 0.3) is 0 Å². The summed E-state index contributed by atoms with van der Waals surface area (Å²) < 4.78 is 5.12. The van der Waals surface area contributed by atoms with Gasteiger partial charge in [-0.3, -0.25) is 0 Å². The number of ether oxygens (including phenoxy) is 1. The van der Waals surface area contributed by atoms with Crippen molar-refractivity contribution < 1.29 is 23.9 Å². The molecule has 0 saturated heterocycles. The van der Waals surface area contributed by atoms with E-state index in [1.54, 1.807) is 14.1 Å². The number of carbonyl (C=O) groups excluding carboxylic acids is 2. The molecule has 0 amide bonds. The van der Waals surface area contributed by atoms with Crippen LogP contribution in [0.5, 0.6) is 0 Å². The number of carbonyl (C=O) groups is 2. The smallest absolute Gasteiger partial charge is 0.333 e. The molecule has 6 nitrogen and oxygen atoms in total. The lowest BCUT2D eigenvalue weighted by atomic mass is 10.1. The molecular formula is C13H20N2O4. The van der Waals surface area contributed by atoms with Crippen LogP contribution in [-0.2, 0) is 14.3 Å². The van der Waals surface area contributed by atoms with Crippen molar-refractivity contribution in [2.75, 3.05) is 33.8 Å². The molecule has 0 aliphatic carbocycles. The summed E-state index contributed by atoms with van der Waals surface area (Å²) in [6.45, 7) is 5.33. The molecule has 1 atom stereocenters. The number of carboxylic acid groups (broad SMARTS) is 1. The number of nitriles is 1. The summed E-state index contributed by atoms with van der Waals surface area (Å²) >= 11 is 0. The van der Waals surface area contributed by atoms with Gasteiger partial charge in [-0.25, -0.2) is 4.79 Å². The summed E-state index contributed by atoms with van der Waals surface area (Å²) in [6.07, 6.45) is 0.445. The molecule has 0 aromatic rings. The van der Waals surface area contributed by atoms with Crippen LogP contribution >= 0.6 is 0 Å². The van der Waals surface area contributed by atoms with Crippen LogP contribution in [0.2, 0.25) is 0 Å². The molecule has 0 bridgehead atoms. The Labute approximate surface area is 113 Å². The van der Waals surface area contributed by atoms with Gasteiger partial charge in [-0.2, -0.15) is 5.26 Å². The molecule has 106 valence electrons. The van der Waals surface area contributed by atoms with E-state index in [1.165, 1.54) is 6.92 Å². The average molecular weight is 268 g/mol. The summed E-state index contributed by atoms with van der Waals surface area (Å²) in [6, 6.07) is 2.04. The van der Waals surface area contributed by atoms with Crippen molar-refractivity contribution in [3.8, 4) is 6.07 Å². The lowest BCUT2D eigenvalue weighted by molar-refractivity contribution is -0.885. The maximum absolute atomic E-state index is 11.2. The first-order valence-electron chi connectivity index (χ1n) is 5.92. The monoisotopic (exact) mass is 268 g/mol. The highest BCUT2D eigenvalue weighted by atomic mass is 16.5. The molecule has 0 aromatic carbocycles. The molecule has 0 N–H and O–H groups in total. The second-order valence-electron chi connectivity index (χ2n) is 5.18. The van der Waals surface area contributed by atoms with Crippen LogP contribution in [0.15, 0.2) is 12.2 Å². The van der Waals surface area contributed by atoms with Gasteiger partial charge in [0.1, 0.15) is 13.2 Å². The van der Waals surface area contributed by atoms with E-state index in [-0.39, 0.29) is 23.2 Å². The van der Waals surface area contributed by atoms with Gasteiger partial charge < -0.3 is 19.1 Å². The molecule has 0 rings (SSSR count). The number of carboxylic acids is 1. The van der Waals surface area contributed by atoms with E-state index >= 15 is 0 Å². The minimum Gasteiger partial charge on any atom is -0.544 e. The van der Waals surface area contributed by atoms with Crippen molar-refractivity contribution in [3.05, 3.63) is 12.2 Å². The van der Waals surface area contributed by atoms with Crippen LogP contribution in [0.3, 0.4) is 0 Å². The molecule has 0 heterocycles. The van der Waals surface area contributed by atoms with Crippen LogP contribution < -0.4 is 5.11 Å². The third-order valence-corrected chi connectivity index (χ3v) is 2.59. The molecule has 0 spiro atoms. The lowest BCUT2D eigenvalue weighted by Gasteiger charge is -2.30. The number of esters is 1. The van der Waals surface area contributed by atoms with E-state index in [9.17, 15) is 14.7 Å². The minimum absolute atomic E-state index is 0.00643. The van der Waals surface area contributed by atoms with Crippen LogP contribution in [0.25, 0.3) is 0 Å². The van der Waals surface area contributed by atoms with Gasteiger partial charge in [-0.1, -0.05) is 6.58 Å². The molecule has 0 aromatic heterocycles. The first-order valence-corrected chi connectivity index (χ1v) is 5.92. The Bertz CT molecular complexity index is 396. The number of hydrogen-bond donors (Lipinski definition) is 0. The second kappa shape index (κ2) is 7.54. The highest BCUT2D eigenvalue weighted by Gasteiger charge is 2.19. The van der Waals surface area contributed by atoms with Gasteiger partial charge in [0.2, 0.25) is 0 Å². The standard InChI is InChI=1S/C13H20N2O4/c1-10(2)13(18)19-9-11(7-14)5-6-15(3,4)8-12(16)17/h11H,1,5-6,8-9H2,2-4H3. The van der Waals surface area contributed by atoms with Crippen LogP contribution in [0.1, 0.15) is 13.3 Å². The Balaban J connectivity index is 4.21. The van der Waals surface area contributed by atoms with Crippen molar-refractivity contribution in [1.82, 2.24) is 0 Å². The van der Waals surface area contributed by atoms with Crippen molar-refractivity contribution in [3.63, 3.8) is 0 Å². The van der Waals surface area contributed by atoms with E-state index in [0.717, 1.165) is 0 Å². The van der Waals surface area contributed by atoms with Gasteiger partial charge >= 0.3 is 5.97 Å². The predicted molar refractivity (Wildman–Crippen MR) is 66.3 cm³/mol. The second-order valence-corrected chi connectivity index (χ2v) is 5.18. The van der Waals surface area contributed by atoms with E-state index < -0.39 is 17.9 Å². The number of quaternary nitrogens is 1. The zero-order chi connectivity index (χ0) is 15.1. The molecule has 0 aliphatic rings. The van der Waals surface area contributed by atoms with Crippen LogP contribution in [0.4, 0.5) is 0 Å². The Morgan fingerprint density at radius 1 is 1.47 bits per heavy atom. The summed E-state index contributed by atoms with van der Waals surface area (Å²) in [5, 5.41) is 19.5. The highest BCUT2D eigenvalue weighted by Crippen LogP contribution is 2.08. The Morgan fingerprint density at radius 2 is 2.05 bits per heavy atom. The van der Waals surface area contributed by atoms with Gasteiger partial charge in [-0.15, -0.1) is 0 Å². The molecule has 1 unspecified atom stereocenters. The Hall–Kier alpha value is -1.87. The fourth-order valence-electron chi connectivity index (χ4n) is 1.42. The van der Waals surface area contributed by atoms with Crippen molar-refractivity contribution in [2.45, 2.75) is 13.3 Å². The summed E-state index contributed by atoms with van der Waals surface area (Å²) in [4.78, 5) is 21.7. The topological polar surface area (TPSA) is 90.2 Å². The van der Waals surface area contributed by atoms with Gasteiger partial charge in [0.15, 0.2) is 0 Å². The number of nitrogens with zero attached hydrogens (tertiary/aromatic N) is 2. The molecular weight excluding hydrogens is 248 g/mol. The molecule has 6 heteroatoms. The molecule has 0 radical (unpaired) electrons. The zero-order valence-corrected chi connectivity index (χ0v) is 11.6. The molecule has 0 aliphatic heterocycles. The number of rotatable bonds is 8. The van der Waals surface area contributed by atoms with Gasteiger partial charge in [-0.05, 0) is 6.92 Å². The summed E-state index contributed by atoms with van der Waals surface area (Å²) in [7, 11) is 3.48. The summed E-state index contributed by atoms with van der Waals surface area (Å²) in [5.41, 5.74) is 0.282. The van der Waals surface area contributed by atoms with Crippen molar-refractivity contribution in [1.29, 1.82) is 5.26 Å². The van der Waals surface area contributed by atoms with E-state index in [4.69, 9.17) is 10.00 Å². The Morgan fingerprint density at radius 3 is 2.47 bits per heavy atom.